The fraction of sp³-hybridized carbons (Fsp3) is 0.588. The summed E-state index contributed by atoms with van der Waals surface area (Å²) in [5.41, 5.74) is 2.16. The minimum atomic E-state index is -0.210. The fourth-order valence-corrected chi connectivity index (χ4v) is 4.27. The maximum atomic E-state index is 12.9. The van der Waals surface area contributed by atoms with Gasteiger partial charge >= 0.3 is 0 Å². The van der Waals surface area contributed by atoms with Crippen LogP contribution in [0.1, 0.15) is 25.0 Å². The smallest absolute Gasteiger partial charge is 0.241 e. The molecule has 2 aliphatic rings. The summed E-state index contributed by atoms with van der Waals surface area (Å²) in [6, 6.07) is 3.98. The molecule has 3 rings (SSSR count). The molecule has 1 fully saturated rings. The maximum Gasteiger partial charge on any atom is 0.241 e. The van der Waals surface area contributed by atoms with Crippen molar-refractivity contribution in [1.29, 1.82) is 0 Å². The van der Waals surface area contributed by atoms with E-state index in [2.05, 4.69) is 19.2 Å². The van der Waals surface area contributed by atoms with Crippen LogP contribution in [0.15, 0.2) is 12.1 Å². The first-order valence-electron chi connectivity index (χ1n) is 7.82. The largest absolute Gasteiger partial charge is 0.493 e. The van der Waals surface area contributed by atoms with Crippen LogP contribution in [0.4, 0.5) is 0 Å². The zero-order valence-electron chi connectivity index (χ0n) is 14.1. The molecule has 6 heteroatoms. The number of carbonyl (C=O) groups excluding carboxylic acids is 1. The molecule has 1 unspecified atom stereocenters. The highest BCUT2D eigenvalue weighted by Gasteiger charge is 2.39. The van der Waals surface area contributed by atoms with Gasteiger partial charge in [-0.15, -0.1) is 11.8 Å². The monoisotopic (exact) mass is 336 g/mol. The highest BCUT2D eigenvalue weighted by molar-refractivity contribution is 7.99. The van der Waals surface area contributed by atoms with Gasteiger partial charge in [0.1, 0.15) is 0 Å². The third-order valence-corrected chi connectivity index (χ3v) is 5.61. The average molecular weight is 336 g/mol. The third kappa shape index (κ3) is 3.02. The van der Waals surface area contributed by atoms with Gasteiger partial charge in [-0.2, -0.15) is 0 Å². The van der Waals surface area contributed by atoms with Crippen LogP contribution in [0.5, 0.6) is 11.5 Å². The van der Waals surface area contributed by atoms with E-state index in [1.807, 2.05) is 17.0 Å². The van der Waals surface area contributed by atoms with E-state index >= 15 is 0 Å². The van der Waals surface area contributed by atoms with E-state index in [-0.39, 0.29) is 17.5 Å². The van der Waals surface area contributed by atoms with Gasteiger partial charge in [0.25, 0.3) is 0 Å². The van der Waals surface area contributed by atoms with Crippen LogP contribution in [0, 0.1) is 0 Å². The highest BCUT2D eigenvalue weighted by atomic mass is 32.2. The van der Waals surface area contributed by atoms with Crippen LogP contribution < -0.4 is 14.8 Å². The number of amides is 1. The molecule has 0 spiro atoms. The number of fused-ring (bicyclic) bond motifs is 1. The van der Waals surface area contributed by atoms with Crippen LogP contribution in [0.2, 0.25) is 0 Å². The summed E-state index contributed by atoms with van der Waals surface area (Å²) in [6.45, 7) is 4.88. The second-order valence-electron chi connectivity index (χ2n) is 6.66. The first-order valence-corrected chi connectivity index (χ1v) is 8.98. The summed E-state index contributed by atoms with van der Waals surface area (Å²) in [6.07, 6.45) is 0.814. The molecule has 2 heterocycles. The first-order chi connectivity index (χ1) is 11.0. The molecule has 1 amide bonds. The van der Waals surface area contributed by atoms with Crippen molar-refractivity contribution in [2.45, 2.75) is 38.4 Å². The van der Waals surface area contributed by atoms with Gasteiger partial charge < -0.3 is 14.4 Å². The van der Waals surface area contributed by atoms with Crippen LogP contribution in [-0.2, 0) is 17.8 Å². The van der Waals surface area contributed by atoms with Crippen molar-refractivity contribution in [3.8, 4) is 11.5 Å². The molecule has 1 saturated heterocycles. The van der Waals surface area contributed by atoms with Crippen molar-refractivity contribution in [2.24, 2.45) is 0 Å². The fourth-order valence-electron chi connectivity index (χ4n) is 3.34. The van der Waals surface area contributed by atoms with Crippen LogP contribution in [0.25, 0.3) is 0 Å². The van der Waals surface area contributed by atoms with Crippen LogP contribution in [0.3, 0.4) is 0 Å². The molecular formula is C17H24N2O3S. The number of methoxy groups -OCH3 is 2. The van der Waals surface area contributed by atoms with E-state index in [4.69, 9.17) is 9.47 Å². The SMILES string of the molecule is COc1cc2c(cc1OC)CC(C)(C)N(C(=O)C1CSCN1)C2. The van der Waals surface area contributed by atoms with E-state index in [0.717, 1.165) is 29.4 Å². The number of ether oxygens (including phenoxy) is 2. The van der Waals surface area contributed by atoms with Crippen molar-refractivity contribution in [3.05, 3.63) is 23.3 Å². The van der Waals surface area contributed by atoms with Crippen molar-refractivity contribution in [3.63, 3.8) is 0 Å². The van der Waals surface area contributed by atoms with E-state index < -0.39 is 0 Å². The highest BCUT2D eigenvalue weighted by Crippen LogP contribution is 2.38. The lowest BCUT2D eigenvalue weighted by molar-refractivity contribution is -0.139. The van der Waals surface area contributed by atoms with Gasteiger partial charge in [0.05, 0.1) is 20.3 Å². The molecule has 1 aromatic rings. The first kappa shape index (κ1) is 16.5. The van der Waals surface area contributed by atoms with Crippen LogP contribution >= 0.6 is 11.8 Å². The number of carbonyl (C=O) groups is 1. The Kier molecular flexibility index (Phi) is 4.47. The Morgan fingerprint density at radius 1 is 1.26 bits per heavy atom. The molecule has 1 aromatic carbocycles. The van der Waals surface area contributed by atoms with Crippen molar-refractivity contribution < 1.29 is 14.3 Å². The van der Waals surface area contributed by atoms with E-state index in [1.54, 1.807) is 26.0 Å². The molecule has 1 N–H and O–H groups in total. The molecule has 0 aliphatic carbocycles. The zero-order valence-corrected chi connectivity index (χ0v) is 15.0. The number of hydrogen-bond acceptors (Lipinski definition) is 5. The van der Waals surface area contributed by atoms with Gasteiger partial charge in [0, 0.05) is 23.7 Å². The minimum absolute atomic E-state index is 0.0685. The Morgan fingerprint density at radius 3 is 2.48 bits per heavy atom. The molecule has 0 radical (unpaired) electrons. The number of nitrogens with zero attached hydrogens (tertiary/aromatic N) is 1. The number of benzene rings is 1. The topological polar surface area (TPSA) is 50.8 Å². The van der Waals surface area contributed by atoms with Gasteiger partial charge in [0.15, 0.2) is 11.5 Å². The summed E-state index contributed by atoms with van der Waals surface area (Å²) in [5.74, 6) is 3.36. The Bertz CT molecular complexity index is 612. The molecule has 23 heavy (non-hydrogen) atoms. The van der Waals surface area contributed by atoms with E-state index in [1.165, 1.54) is 5.56 Å². The van der Waals surface area contributed by atoms with Crippen molar-refractivity contribution in [2.75, 3.05) is 25.8 Å². The summed E-state index contributed by atoms with van der Waals surface area (Å²) in [7, 11) is 3.29. The Morgan fingerprint density at radius 2 is 1.91 bits per heavy atom. The second kappa shape index (κ2) is 6.24. The minimum Gasteiger partial charge on any atom is -0.493 e. The predicted molar refractivity (Wildman–Crippen MR) is 92.1 cm³/mol. The molecule has 0 bridgehead atoms. The zero-order chi connectivity index (χ0) is 16.6. The third-order valence-electron chi connectivity index (χ3n) is 4.67. The summed E-state index contributed by atoms with van der Waals surface area (Å²) < 4.78 is 10.8. The Labute approximate surface area is 141 Å². The van der Waals surface area contributed by atoms with Gasteiger partial charge in [0.2, 0.25) is 5.91 Å². The predicted octanol–water partition coefficient (Wildman–Crippen LogP) is 2.03. The second-order valence-corrected chi connectivity index (χ2v) is 7.69. The maximum absolute atomic E-state index is 12.9. The quantitative estimate of drug-likeness (QED) is 0.915. The lowest BCUT2D eigenvalue weighted by Crippen LogP contribution is -2.56. The van der Waals surface area contributed by atoms with Crippen molar-refractivity contribution in [1.82, 2.24) is 10.2 Å². The molecule has 5 nitrogen and oxygen atoms in total. The van der Waals surface area contributed by atoms with Gasteiger partial charge in [-0.1, -0.05) is 0 Å². The molecular weight excluding hydrogens is 312 g/mol. The Balaban J connectivity index is 1.92. The van der Waals surface area contributed by atoms with Crippen LogP contribution in [-0.4, -0.2) is 48.2 Å². The number of hydrogen-bond donors (Lipinski definition) is 1. The number of nitrogens with one attached hydrogen (secondary N) is 1. The Hall–Kier alpha value is -1.40. The molecule has 0 aromatic heterocycles. The number of thioether (sulfide) groups is 1. The summed E-state index contributed by atoms with van der Waals surface area (Å²) in [5, 5.41) is 3.28. The lowest BCUT2D eigenvalue weighted by atomic mass is 9.84. The van der Waals surface area contributed by atoms with Gasteiger partial charge in [-0.25, -0.2) is 0 Å². The van der Waals surface area contributed by atoms with Gasteiger partial charge in [-0.05, 0) is 43.5 Å². The standard InChI is InChI=1S/C17H24N2O3S/c1-17(2)7-11-5-14(21-3)15(22-4)6-12(11)8-19(17)16(20)13-9-23-10-18-13/h5-6,13,18H,7-10H2,1-4H3. The van der Waals surface area contributed by atoms with E-state index in [0.29, 0.717) is 12.3 Å². The van der Waals surface area contributed by atoms with E-state index in [9.17, 15) is 4.79 Å². The lowest BCUT2D eigenvalue weighted by Gasteiger charge is -2.44. The van der Waals surface area contributed by atoms with Crippen molar-refractivity contribution >= 4 is 17.7 Å². The molecule has 1 atom stereocenters. The average Bonchev–Trinajstić information content (AvgIpc) is 3.06. The molecule has 126 valence electrons. The normalized spacial score (nSPS) is 22.6. The molecule has 0 saturated carbocycles. The molecule has 2 aliphatic heterocycles. The summed E-state index contributed by atoms with van der Waals surface area (Å²) in [4.78, 5) is 14.9. The number of rotatable bonds is 3. The van der Waals surface area contributed by atoms with Gasteiger partial charge in [-0.3, -0.25) is 10.1 Å². The summed E-state index contributed by atoms with van der Waals surface area (Å²) >= 11 is 1.78.